The number of fused-ring (bicyclic) bond motifs is 1. The molecule has 0 bridgehead atoms. The predicted molar refractivity (Wildman–Crippen MR) is 108 cm³/mol. The monoisotopic (exact) mass is 397 g/mol. The maximum Gasteiger partial charge on any atom is 0.267 e. The van der Waals surface area contributed by atoms with Gasteiger partial charge in [0.2, 0.25) is 0 Å². The van der Waals surface area contributed by atoms with Crippen LogP contribution in [0.4, 0.5) is 0 Å². The third-order valence-electron chi connectivity index (χ3n) is 5.36. The molecule has 7 heteroatoms. The number of carbonyl (C=O) groups excluding carboxylic acids is 1. The Bertz CT molecular complexity index is 1050. The zero-order chi connectivity index (χ0) is 19.6. The smallest absolute Gasteiger partial charge is 0.267 e. The molecule has 28 heavy (non-hydrogen) atoms. The minimum absolute atomic E-state index is 0.213. The number of pyridine rings is 1. The first-order valence-electron chi connectivity index (χ1n) is 9.58. The van der Waals surface area contributed by atoms with Crippen LogP contribution in [0.2, 0.25) is 0 Å². The van der Waals surface area contributed by atoms with Gasteiger partial charge in [-0.3, -0.25) is 9.78 Å². The highest BCUT2D eigenvalue weighted by Crippen LogP contribution is 2.28. The Labute approximate surface area is 164 Å². The van der Waals surface area contributed by atoms with E-state index in [0.717, 1.165) is 48.6 Å². The molecule has 146 valence electrons. The average molecular weight is 398 g/mol. The molecule has 0 radical (unpaired) electrons. The highest BCUT2D eigenvalue weighted by molar-refractivity contribution is 7.92. The number of hydrogen-bond acceptors (Lipinski definition) is 4. The van der Waals surface area contributed by atoms with Crippen molar-refractivity contribution in [1.29, 1.82) is 0 Å². The second-order valence-electron chi connectivity index (χ2n) is 7.28. The van der Waals surface area contributed by atoms with Crippen LogP contribution in [0.1, 0.15) is 48.2 Å². The summed E-state index contributed by atoms with van der Waals surface area (Å²) in [6.45, 7) is 0.330. The summed E-state index contributed by atoms with van der Waals surface area (Å²) in [6.07, 6.45) is 7.96. The largest absolute Gasteiger partial charge is 0.350 e. The van der Waals surface area contributed by atoms with Gasteiger partial charge in [0.15, 0.2) is 9.84 Å². The van der Waals surface area contributed by atoms with Crippen molar-refractivity contribution in [3.05, 3.63) is 60.0 Å². The number of aromatic amines is 1. The molecular formula is C21H23N3O3S. The van der Waals surface area contributed by atoms with Crippen molar-refractivity contribution in [3.63, 3.8) is 0 Å². The Balaban J connectivity index is 1.41. The molecular weight excluding hydrogens is 374 g/mol. The first-order valence-corrected chi connectivity index (χ1v) is 11.1. The molecule has 2 N–H and O–H groups in total. The quantitative estimate of drug-likeness (QED) is 0.688. The number of H-pyrrole nitrogens is 1. The van der Waals surface area contributed by atoms with Crippen molar-refractivity contribution < 1.29 is 13.2 Å². The van der Waals surface area contributed by atoms with Gasteiger partial charge in [0.05, 0.1) is 10.1 Å². The summed E-state index contributed by atoms with van der Waals surface area (Å²) >= 11 is 0. The molecule has 0 unspecified atom stereocenters. The van der Waals surface area contributed by atoms with Gasteiger partial charge in [-0.05, 0) is 42.7 Å². The summed E-state index contributed by atoms with van der Waals surface area (Å²) < 4.78 is 25.5. The van der Waals surface area contributed by atoms with Crippen molar-refractivity contribution >= 4 is 26.6 Å². The van der Waals surface area contributed by atoms with Crippen LogP contribution in [0, 0.1) is 0 Å². The highest BCUT2D eigenvalue weighted by atomic mass is 32.2. The summed E-state index contributed by atoms with van der Waals surface area (Å²) in [5.41, 5.74) is 2.19. The minimum atomic E-state index is -3.27. The molecule has 1 amide bonds. The molecule has 1 fully saturated rings. The molecule has 3 aromatic rings. The first kappa shape index (κ1) is 18.7. The number of carbonyl (C=O) groups is 1. The van der Waals surface area contributed by atoms with Crippen LogP contribution in [0.15, 0.2) is 53.7 Å². The number of aromatic nitrogens is 2. The van der Waals surface area contributed by atoms with Crippen LogP contribution in [-0.4, -0.2) is 29.5 Å². The van der Waals surface area contributed by atoms with Crippen LogP contribution >= 0.6 is 0 Å². The van der Waals surface area contributed by atoms with Gasteiger partial charge in [0, 0.05) is 29.8 Å². The molecule has 6 nitrogen and oxygen atoms in total. The van der Waals surface area contributed by atoms with Gasteiger partial charge in [0.1, 0.15) is 5.69 Å². The lowest BCUT2D eigenvalue weighted by Gasteiger charge is -2.21. The number of benzene rings is 1. The number of nitrogens with zero attached hydrogens (tertiary/aromatic N) is 1. The molecule has 0 atom stereocenters. The molecule has 0 aliphatic heterocycles. The van der Waals surface area contributed by atoms with Crippen LogP contribution in [-0.2, 0) is 16.4 Å². The number of rotatable bonds is 5. The van der Waals surface area contributed by atoms with Gasteiger partial charge in [-0.2, -0.15) is 0 Å². The number of amides is 1. The fourth-order valence-electron chi connectivity index (χ4n) is 3.74. The van der Waals surface area contributed by atoms with Crippen LogP contribution in [0.3, 0.4) is 0 Å². The van der Waals surface area contributed by atoms with E-state index < -0.39 is 9.84 Å². The Morgan fingerprint density at radius 2 is 1.86 bits per heavy atom. The summed E-state index contributed by atoms with van der Waals surface area (Å²) in [5, 5.41) is 3.48. The fourth-order valence-corrected chi connectivity index (χ4v) is 5.59. The zero-order valence-corrected chi connectivity index (χ0v) is 16.3. The summed E-state index contributed by atoms with van der Waals surface area (Å²) in [7, 11) is -3.27. The van der Waals surface area contributed by atoms with Gasteiger partial charge in [-0.25, -0.2) is 8.42 Å². The summed E-state index contributed by atoms with van der Waals surface area (Å²) in [4.78, 5) is 19.8. The second kappa shape index (κ2) is 7.75. The molecule has 1 aliphatic rings. The van der Waals surface area contributed by atoms with Gasteiger partial charge < -0.3 is 10.3 Å². The Morgan fingerprint density at radius 1 is 1.11 bits per heavy atom. The number of sulfone groups is 1. The van der Waals surface area contributed by atoms with E-state index in [1.807, 2.05) is 6.07 Å². The standard InChI is InChI=1S/C21H23N3O3S/c25-21(20-12-16-14-22-11-10-19(16)24-20)23-13-15-6-8-18(9-7-15)28(26,27)17-4-2-1-3-5-17/h6-12,14,17,24H,1-5,13H2,(H,23,25). The molecule has 2 heterocycles. The van der Waals surface area contributed by atoms with Crippen LogP contribution < -0.4 is 5.32 Å². The normalized spacial score (nSPS) is 15.6. The highest BCUT2D eigenvalue weighted by Gasteiger charge is 2.28. The van der Waals surface area contributed by atoms with E-state index in [4.69, 9.17) is 0 Å². The number of nitrogens with one attached hydrogen (secondary N) is 2. The van der Waals surface area contributed by atoms with Crippen LogP contribution in [0.5, 0.6) is 0 Å². The molecule has 4 rings (SSSR count). The van der Waals surface area contributed by atoms with Crippen LogP contribution in [0.25, 0.3) is 10.9 Å². The van der Waals surface area contributed by atoms with E-state index in [1.54, 1.807) is 42.7 Å². The lowest BCUT2D eigenvalue weighted by atomic mass is 10.0. The van der Waals surface area contributed by atoms with Crippen molar-refractivity contribution in [1.82, 2.24) is 15.3 Å². The maximum absolute atomic E-state index is 12.8. The Hall–Kier alpha value is -2.67. The topological polar surface area (TPSA) is 91.9 Å². The first-order chi connectivity index (χ1) is 13.5. The van der Waals surface area contributed by atoms with Crippen molar-refractivity contribution in [2.75, 3.05) is 0 Å². The molecule has 1 aromatic carbocycles. The van der Waals surface area contributed by atoms with Gasteiger partial charge in [-0.15, -0.1) is 0 Å². The molecule has 2 aromatic heterocycles. The van der Waals surface area contributed by atoms with E-state index in [0.29, 0.717) is 17.1 Å². The predicted octanol–water partition coefficient (Wildman–Crippen LogP) is 3.60. The van der Waals surface area contributed by atoms with E-state index in [9.17, 15) is 13.2 Å². The van der Waals surface area contributed by atoms with Gasteiger partial charge in [-0.1, -0.05) is 31.4 Å². The lowest BCUT2D eigenvalue weighted by Crippen LogP contribution is -2.24. The van der Waals surface area contributed by atoms with Crippen molar-refractivity contribution in [2.45, 2.75) is 48.8 Å². The molecule has 1 aliphatic carbocycles. The Morgan fingerprint density at radius 3 is 2.57 bits per heavy atom. The minimum Gasteiger partial charge on any atom is -0.350 e. The third-order valence-corrected chi connectivity index (χ3v) is 7.64. The SMILES string of the molecule is O=C(NCc1ccc(S(=O)(=O)C2CCCCC2)cc1)c1cc2cnccc2[nH]1. The maximum atomic E-state index is 12.8. The fraction of sp³-hybridized carbons (Fsp3) is 0.333. The van der Waals surface area contributed by atoms with E-state index in [1.165, 1.54) is 0 Å². The van der Waals surface area contributed by atoms with E-state index in [2.05, 4.69) is 15.3 Å². The zero-order valence-electron chi connectivity index (χ0n) is 15.5. The summed E-state index contributed by atoms with van der Waals surface area (Å²) in [5.74, 6) is -0.213. The second-order valence-corrected chi connectivity index (χ2v) is 9.51. The molecule has 1 saturated carbocycles. The lowest BCUT2D eigenvalue weighted by molar-refractivity contribution is 0.0946. The number of hydrogen-bond donors (Lipinski definition) is 2. The Kier molecular flexibility index (Phi) is 5.17. The summed E-state index contributed by atoms with van der Waals surface area (Å²) in [6, 6.07) is 10.4. The van der Waals surface area contributed by atoms with E-state index >= 15 is 0 Å². The van der Waals surface area contributed by atoms with Crippen molar-refractivity contribution in [3.8, 4) is 0 Å². The average Bonchev–Trinajstić information content (AvgIpc) is 3.17. The molecule has 0 spiro atoms. The van der Waals surface area contributed by atoms with Crippen molar-refractivity contribution in [2.24, 2.45) is 0 Å². The molecule has 0 saturated heterocycles. The third kappa shape index (κ3) is 3.80. The van der Waals surface area contributed by atoms with Gasteiger partial charge in [0.25, 0.3) is 5.91 Å². The van der Waals surface area contributed by atoms with E-state index in [-0.39, 0.29) is 11.2 Å². The van der Waals surface area contributed by atoms with Gasteiger partial charge >= 0.3 is 0 Å².